The zero-order chi connectivity index (χ0) is 14.4. The van der Waals surface area contributed by atoms with Crippen LogP contribution in [-0.4, -0.2) is 49.6 Å². The van der Waals surface area contributed by atoms with Crippen molar-refractivity contribution in [2.45, 2.75) is 13.3 Å². The molecule has 0 saturated carbocycles. The van der Waals surface area contributed by atoms with Gasteiger partial charge in [-0.15, -0.1) is 0 Å². The van der Waals surface area contributed by atoms with Crippen LogP contribution in [0.25, 0.3) is 0 Å². The van der Waals surface area contributed by atoms with Gasteiger partial charge in [0.1, 0.15) is 0 Å². The quantitative estimate of drug-likeness (QED) is 0.891. The predicted molar refractivity (Wildman–Crippen MR) is 75.5 cm³/mol. The summed E-state index contributed by atoms with van der Waals surface area (Å²) >= 11 is 0. The van der Waals surface area contributed by atoms with Gasteiger partial charge in [0.15, 0.2) is 0 Å². The zero-order valence-corrected chi connectivity index (χ0v) is 11.7. The third kappa shape index (κ3) is 4.06. The maximum absolute atomic E-state index is 11.9. The first-order valence-electron chi connectivity index (χ1n) is 6.87. The molecular weight excluding hydrogens is 256 g/mol. The number of hydrogen-bond acceptors (Lipinski definition) is 3. The normalized spacial score (nSPS) is 14.9. The third-order valence-corrected chi connectivity index (χ3v) is 3.27. The van der Waals surface area contributed by atoms with Crippen molar-refractivity contribution in [2.24, 2.45) is 0 Å². The molecule has 0 bridgehead atoms. The number of aryl methyl sites for hydroxylation is 1. The van der Waals surface area contributed by atoms with Gasteiger partial charge in [-0.1, -0.05) is 17.7 Å². The van der Waals surface area contributed by atoms with Crippen molar-refractivity contribution in [1.29, 1.82) is 0 Å². The van der Waals surface area contributed by atoms with E-state index in [9.17, 15) is 9.59 Å². The Bertz CT molecular complexity index is 482. The number of amides is 2. The molecule has 1 fully saturated rings. The van der Waals surface area contributed by atoms with E-state index in [1.54, 1.807) is 11.0 Å². The van der Waals surface area contributed by atoms with Crippen molar-refractivity contribution in [3.8, 4) is 0 Å². The van der Waals surface area contributed by atoms with Gasteiger partial charge in [0, 0.05) is 31.6 Å². The molecule has 5 heteroatoms. The smallest absolute Gasteiger partial charge is 0.251 e. The number of nitrogens with zero attached hydrogens (tertiary/aromatic N) is 1. The van der Waals surface area contributed by atoms with E-state index < -0.39 is 0 Å². The second-order valence-corrected chi connectivity index (χ2v) is 4.87. The molecule has 0 aromatic heterocycles. The molecule has 0 radical (unpaired) electrons. The van der Waals surface area contributed by atoms with Gasteiger partial charge >= 0.3 is 0 Å². The highest BCUT2D eigenvalue weighted by Crippen LogP contribution is 2.04. The molecule has 0 atom stereocenters. The summed E-state index contributed by atoms with van der Waals surface area (Å²) in [6.45, 7) is 4.79. The molecule has 0 unspecified atom stereocenters. The molecule has 2 rings (SSSR count). The molecule has 0 aliphatic carbocycles. The van der Waals surface area contributed by atoms with Gasteiger partial charge in [-0.25, -0.2) is 0 Å². The van der Waals surface area contributed by atoms with Gasteiger partial charge in [0.2, 0.25) is 5.91 Å². The average molecular weight is 276 g/mol. The van der Waals surface area contributed by atoms with Crippen LogP contribution in [0.2, 0.25) is 0 Å². The molecule has 1 heterocycles. The van der Waals surface area contributed by atoms with E-state index in [4.69, 9.17) is 4.74 Å². The van der Waals surface area contributed by atoms with Crippen molar-refractivity contribution >= 4 is 11.8 Å². The van der Waals surface area contributed by atoms with Crippen molar-refractivity contribution in [3.05, 3.63) is 35.4 Å². The summed E-state index contributed by atoms with van der Waals surface area (Å²) in [5, 5.41) is 2.78. The minimum absolute atomic E-state index is 0.0674. The molecule has 1 aliphatic rings. The first-order chi connectivity index (χ1) is 9.66. The van der Waals surface area contributed by atoms with E-state index in [1.807, 2.05) is 25.1 Å². The number of carbonyl (C=O) groups excluding carboxylic acids is 2. The molecule has 2 amide bonds. The standard InChI is InChI=1S/C15H20N2O3/c1-12-3-2-4-13(11-12)15(19)16-6-5-14(18)17-7-9-20-10-8-17/h2-4,11H,5-10H2,1H3,(H,16,19). The Morgan fingerprint density at radius 2 is 2.05 bits per heavy atom. The highest BCUT2D eigenvalue weighted by atomic mass is 16.5. The van der Waals surface area contributed by atoms with E-state index in [0.29, 0.717) is 44.8 Å². The zero-order valence-electron chi connectivity index (χ0n) is 11.7. The van der Waals surface area contributed by atoms with Crippen molar-refractivity contribution in [3.63, 3.8) is 0 Å². The molecule has 1 aromatic rings. The number of morpholine rings is 1. The largest absolute Gasteiger partial charge is 0.378 e. The number of rotatable bonds is 4. The van der Waals surface area contributed by atoms with Crippen LogP contribution in [0.1, 0.15) is 22.3 Å². The van der Waals surface area contributed by atoms with Crippen molar-refractivity contribution < 1.29 is 14.3 Å². The molecule has 20 heavy (non-hydrogen) atoms. The summed E-state index contributed by atoms with van der Waals surface area (Å²) in [5.41, 5.74) is 1.67. The number of nitrogens with one attached hydrogen (secondary N) is 1. The summed E-state index contributed by atoms with van der Waals surface area (Å²) < 4.78 is 5.20. The molecule has 108 valence electrons. The van der Waals surface area contributed by atoms with Crippen LogP contribution in [0, 0.1) is 6.92 Å². The number of ether oxygens (including phenoxy) is 1. The van der Waals surface area contributed by atoms with Gasteiger partial charge < -0.3 is 15.0 Å². The molecule has 5 nitrogen and oxygen atoms in total. The Kier molecular flexibility index (Phi) is 5.12. The second kappa shape index (κ2) is 7.05. The molecule has 1 saturated heterocycles. The Hall–Kier alpha value is -1.88. The Morgan fingerprint density at radius 1 is 1.30 bits per heavy atom. The SMILES string of the molecule is Cc1cccc(C(=O)NCCC(=O)N2CCOCC2)c1. The lowest BCUT2D eigenvalue weighted by Crippen LogP contribution is -2.42. The van der Waals surface area contributed by atoms with Crippen molar-refractivity contribution in [2.75, 3.05) is 32.8 Å². The minimum Gasteiger partial charge on any atom is -0.378 e. The number of carbonyl (C=O) groups is 2. The summed E-state index contributed by atoms with van der Waals surface area (Å²) in [4.78, 5) is 25.6. The van der Waals surface area contributed by atoms with Crippen LogP contribution >= 0.6 is 0 Å². The molecule has 1 N–H and O–H groups in total. The number of benzene rings is 1. The monoisotopic (exact) mass is 276 g/mol. The van der Waals surface area contributed by atoms with Crippen LogP contribution in [0.15, 0.2) is 24.3 Å². The fraction of sp³-hybridized carbons (Fsp3) is 0.467. The lowest BCUT2D eigenvalue weighted by Gasteiger charge is -2.26. The molecule has 1 aromatic carbocycles. The second-order valence-electron chi connectivity index (χ2n) is 4.87. The summed E-state index contributed by atoms with van der Waals surface area (Å²) in [6.07, 6.45) is 0.331. The topological polar surface area (TPSA) is 58.6 Å². The lowest BCUT2D eigenvalue weighted by atomic mass is 10.1. The Labute approximate surface area is 118 Å². The summed E-state index contributed by atoms with van der Waals surface area (Å²) in [7, 11) is 0. The van der Waals surface area contributed by atoms with Gasteiger partial charge in [-0.2, -0.15) is 0 Å². The van der Waals surface area contributed by atoms with Crippen LogP contribution in [0.3, 0.4) is 0 Å². The van der Waals surface area contributed by atoms with Crippen molar-refractivity contribution in [1.82, 2.24) is 10.2 Å². The van der Waals surface area contributed by atoms with Gasteiger partial charge in [0.05, 0.1) is 13.2 Å². The minimum atomic E-state index is -0.136. The van der Waals surface area contributed by atoms with Gasteiger partial charge in [-0.05, 0) is 19.1 Å². The fourth-order valence-corrected chi connectivity index (χ4v) is 2.14. The highest BCUT2D eigenvalue weighted by molar-refractivity contribution is 5.94. The van der Waals surface area contributed by atoms with E-state index in [2.05, 4.69) is 5.32 Å². The Balaban J connectivity index is 1.75. The Morgan fingerprint density at radius 3 is 2.75 bits per heavy atom. The van der Waals surface area contributed by atoms with Crippen LogP contribution in [0.5, 0.6) is 0 Å². The van der Waals surface area contributed by atoms with Crippen LogP contribution in [-0.2, 0) is 9.53 Å². The molecular formula is C15H20N2O3. The van der Waals surface area contributed by atoms with Crippen LogP contribution < -0.4 is 5.32 Å². The van der Waals surface area contributed by atoms with E-state index in [1.165, 1.54) is 0 Å². The van der Waals surface area contributed by atoms with E-state index >= 15 is 0 Å². The lowest BCUT2D eigenvalue weighted by molar-refractivity contribution is -0.135. The fourth-order valence-electron chi connectivity index (χ4n) is 2.14. The number of hydrogen-bond donors (Lipinski definition) is 1. The first kappa shape index (κ1) is 14.5. The predicted octanol–water partition coefficient (Wildman–Crippen LogP) is 0.974. The summed E-state index contributed by atoms with van der Waals surface area (Å²) in [5.74, 6) is -0.0682. The summed E-state index contributed by atoms with van der Waals surface area (Å²) in [6, 6.07) is 7.40. The molecule has 1 aliphatic heterocycles. The third-order valence-electron chi connectivity index (χ3n) is 3.27. The molecule has 0 spiro atoms. The highest BCUT2D eigenvalue weighted by Gasteiger charge is 2.16. The van der Waals surface area contributed by atoms with Gasteiger partial charge in [-0.3, -0.25) is 9.59 Å². The maximum atomic E-state index is 11.9. The van der Waals surface area contributed by atoms with Crippen LogP contribution in [0.4, 0.5) is 0 Å². The van der Waals surface area contributed by atoms with Gasteiger partial charge in [0.25, 0.3) is 5.91 Å². The van der Waals surface area contributed by atoms with E-state index in [-0.39, 0.29) is 11.8 Å². The maximum Gasteiger partial charge on any atom is 0.251 e. The van der Waals surface area contributed by atoms with E-state index in [0.717, 1.165) is 5.56 Å². The first-order valence-corrected chi connectivity index (χ1v) is 6.87. The average Bonchev–Trinajstić information content (AvgIpc) is 2.48.